The van der Waals surface area contributed by atoms with Crippen LogP contribution in [0.4, 0.5) is 0 Å². The lowest BCUT2D eigenvalue weighted by atomic mass is 10.1. The van der Waals surface area contributed by atoms with Crippen molar-refractivity contribution in [3.05, 3.63) is 65.7 Å². The van der Waals surface area contributed by atoms with Gasteiger partial charge in [0.05, 0.1) is 0 Å². The van der Waals surface area contributed by atoms with Gasteiger partial charge in [0, 0.05) is 10.9 Å². The zero-order valence-electron chi connectivity index (χ0n) is 10.1. The molecular weight excluding hydrogens is 244 g/mol. The SMILES string of the molecule is C[C@@H](Oc1ccc(C#CCl)cc1)c1ccccc1. The zero-order chi connectivity index (χ0) is 12.8. The molecule has 2 heteroatoms. The van der Waals surface area contributed by atoms with Gasteiger partial charge in [-0.05, 0) is 54.3 Å². The number of benzene rings is 2. The van der Waals surface area contributed by atoms with Gasteiger partial charge in [0.2, 0.25) is 0 Å². The van der Waals surface area contributed by atoms with Crippen LogP contribution in [0.2, 0.25) is 0 Å². The molecule has 0 radical (unpaired) electrons. The summed E-state index contributed by atoms with van der Waals surface area (Å²) in [4.78, 5) is 0. The Bertz CT molecular complexity index is 549. The van der Waals surface area contributed by atoms with Crippen molar-refractivity contribution in [3.8, 4) is 17.0 Å². The Morgan fingerprint density at radius 2 is 1.67 bits per heavy atom. The Kier molecular flexibility index (Phi) is 4.28. The lowest BCUT2D eigenvalue weighted by Crippen LogP contribution is -2.02. The van der Waals surface area contributed by atoms with Crippen LogP contribution in [0, 0.1) is 11.3 Å². The molecule has 0 amide bonds. The fourth-order valence-corrected chi connectivity index (χ4v) is 1.78. The maximum Gasteiger partial charge on any atom is 0.121 e. The van der Waals surface area contributed by atoms with E-state index in [1.807, 2.05) is 49.4 Å². The second kappa shape index (κ2) is 6.14. The molecule has 90 valence electrons. The second-order valence-corrected chi connectivity index (χ2v) is 4.10. The van der Waals surface area contributed by atoms with Crippen molar-refractivity contribution in [2.24, 2.45) is 0 Å². The van der Waals surface area contributed by atoms with E-state index in [-0.39, 0.29) is 6.10 Å². The lowest BCUT2D eigenvalue weighted by Gasteiger charge is -2.14. The fraction of sp³-hybridized carbons (Fsp3) is 0.125. The van der Waals surface area contributed by atoms with E-state index < -0.39 is 0 Å². The van der Waals surface area contributed by atoms with Crippen molar-refractivity contribution >= 4 is 11.6 Å². The van der Waals surface area contributed by atoms with Gasteiger partial charge >= 0.3 is 0 Å². The molecule has 0 fully saturated rings. The zero-order valence-corrected chi connectivity index (χ0v) is 10.8. The molecule has 0 heterocycles. The first-order valence-electron chi connectivity index (χ1n) is 5.73. The van der Waals surface area contributed by atoms with Gasteiger partial charge < -0.3 is 4.74 Å². The fourth-order valence-electron chi connectivity index (χ4n) is 1.67. The summed E-state index contributed by atoms with van der Waals surface area (Å²) in [6.07, 6.45) is 0.0242. The van der Waals surface area contributed by atoms with Crippen molar-refractivity contribution in [3.63, 3.8) is 0 Å². The first kappa shape index (κ1) is 12.5. The summed E-state index contributed by atoms with van der Waals surface area (Å²) in [5.74, 6) is 3.61. The molecular formula is C16H13ClO. The quantitative estimate of drug-likeness (QED) is 0.741. The lowest BCUT2D eigenvalue weighted by molar-refractivity contribution is 0.227. The molecule has 0 N–H and O–H groups in total. The summed E-state index contributed by atoms with van der Waals surface area (Å²) >= 11 is 5.35. The Labute approximate surface area is 112 Å². The summed E-state index contributed by atoms with van der Waals surface area (Å²) in [6, 6.07) is 17.7. The van der Waals surface area contributed by atoms with Crippen LogP contribution >= 0.6 is 11.6 Å². The van der Waals surface area contributed by atoms with Gasteiger partial charge in [0.1, 0.15) is 11.9 Å². The van der Waals surface area contributed by atoms with E-state index in [0.717, 1.165) is 16.9 Å². The van der Waals surface area contributed by atoms with E-state index in [4.69, 9.17) is 16.3 Å². The largest absolute Gasteiger partial charge is 0.486 e. The topological polar surface area (TPSA) is 9.23 Å². The molecule has 0 saturated heterocycles. The summed E-state index contributed by atoms with van der Waals surface area (Å²) in [6.45, 7) is 2.03. The Hall–Kier alpha value is -1.91. The molecule has 2 aromatic rings. The number of hydrogen-bond donors (Lipinski definition) is 0. The minimum Gasteiger partial charge on any atom is -0.486 e. The molecule has 18 heavy (non-hydrogen) atoms. The highest BCUT2D eigenvalue weighted by atomic mass is 35.5. The molecule has 1 atom stereocenters. The monoisotopic (exact) mass is 256 g/mol. The van der Waals surface area contributed by atoms with Crippen LogP contribution in [0.3, 0.4) is 0 Å². The molecule has 0 aromatic heterocycles. The molecule has 2 aromatic carbocycles. The minimum atomic E-state index is 0.0242. The first-order chi connectivity index (χ1) is 8.79. The first-order valence-corrected chi connectivity index (χ1v) is 6.10. The number of ether oxygens (including phenoxy) is 1. The van der Waals surface area contributed by atoms with Gasteiger partial charge in [-0.1, -0.05) is 30.3 Å². The van der Waals surface area contributed by atoms with Crippen molar-refractivity contribution < 1.29 is 4.74 Å². The molecule has 0 aliphatic carbocycles. The van der Waals surface area contributed by atoms with Gasteiger partial charge in [-0.15, -0.1) is 0 Å². The Balaban J connectivity index is 2.07. The molecule has 0 bridgehead atoms. The number of rotatable bonds is 3. The average molecular weight is 257 g/mol. The third kappa shape index (κ3) is 3.29. The number of halogens is 1. The molecule has 0 aliphatic heterocycles. The highest BCUT2D eigenvalue weighted by Crippen LogP contribution is 2.21. The van der Waals surface area contributed by atoms with Gasteiger partial charge in [-0.3, -0.25) is 0 Å². The third-order valence-corrected chi connectivity index (χ3v) is 2.72. The molecule has 1 nitrogen and oxygen atoms in total. The van der Waals surface area contributed by atoms with Crippen LogP contribution in [0.5, 0.6) is 5.75 Å². The predicted octanol–water partition coefficient (Wildman–Crippen LogP) is 4.37. The van der Waals surface area contributed by atoms with E-state index in [1.165, 1.54) is 0 Å². The Morgan fingerprint density at radius 1 is 1.00 bits per heavy atom. The molecule has 0 saturated carbocycles. The highest BCUT2D eigenvalue weighted by Gasteiger charge is 2.05. The van der Waals surface area contributed by atoms with E-state index in [0.29, 0.717) is 0 Å². The standard InChI is InChI=1S/C16H13ClO/c1-13(15-5-3-2-4-6-15)18-16-9-7-14(8-10-16)11-12-17/h2-10,13H,1H3/t13-/m1/s1. The molecule has 0 aliphatic rings. The maximum absolute atomic E-state index is 5.85. The van der Waals surface area contributed by atoms with Crippen LogP contribution in [-0.2, 0) is 0 Å². The van der Waals surface area contributed by atoms with Gasteiger partial charge in [-0.2, -0.15) is 0 Å². The summed E-state index contributed by atoms with van der Waals surface area (Å²) in [5, 5.41) is 2.35. The van der Waals surface area contributed by atoms with Crippen molar-refractivity contribution in [2.45, 2.75) is 13.0 Å². The van der Waals surface area contributed by atoms with E-state index >= 15 is 0 Å². The predicted molar refractivity (Wildman–Crippen MR) is 74.7 cm³/mol. The number of hydrogen-bond acceptors (Lipinski definition) is 1. The van der Waals surface area contributed by atoms with Crippen molar-refractivity contribution in [1.29, 1.82) is 0 Å². The van der Waals surface area contributed by atoms with E-state index in [2.05, 4.69) is 23.4 Å². The van der Waals surface area contributed by atoms with Crippen LogP contribution in [0.1, 0.15) is 24.2 Å². The van der Waals surface area contributed by atoms with Crippen LogP contribution in [0.15, 0.2) is 54.6 Å². The second-order valence-electron chi connectivity index (χ2n) is 3.91. The van der Waals surface area contributed by atoms with Crippen LogP contribution in [0.25, 0.3) is 0 Å². The van der Waals surface area contributed by atoms with Crippen LogP contribution < -0.4 is 4.74 Å². The summed E-state index contributed by atoms with van der Waals surface area (Å²) < 4.78 is 5.85. The molecule has 0 unspecified atom stereocenters. The smallest absolute Gasteiger partial charge is 0.121 e. The minimum absolute atomic E-state index is 0.0242. The van der Waals surface area contributed by atoms with E-state index in [1.54, 1.807) is 0 Å². The van der Waals surface area contributed by atoms with Crippen LogP contribution in [-0.4, -0.2) is 0 Å². The normalized spacial score (nSPS) is 11.2. The van der Waals surface area contributed by atoms with Crippen molar-refractivity contribution in [1.82, 2.24) is 0 Å². The van der Waals surface area contributed by atoms with E-state index in [9.17, 15) is 0 Å². The molecule has 0 spiro atoms. The van der Waals surface area contributed by atoms with Gasteiger partial charge in [0.15, 0.2) is 0 Å². The highest BCUT2D eigenvalue weighted by molar-refractivity contribution is 6.30. The Morgan fingerprint density at radius 3 is 2.28 bits per heavy atom. The van der Waals surface area contributed by atoms with Crippen molar-refractivity contribution in [2.75, 3.05) is 0 Å². The average Bonchev–Trinajstić information content (AvgIpc) is 2.42. The van der Waals surface area contributed by atoms with Gasteiger partial charge in [-0.25, -0.2) is 0 Å². The van der Waals surface area contributed by atoms with Gasteiger partial charge in [0.25, 0.3) is 0 Å². The maximum atomic E-state index is 5.85. The summed E-state index contributed by atoms with van der Waals surface area (Å²) in [7, 11) is 0. The summed E-state index contributed by atoms with van der Waals surface area (Å²) in [5.41, 5.74) is 2.03. The third-order valence-electron chi connectivity index (χ3n) is 2.63. The molecule has 2 rings (SSSR count).